The van der Waals surface area contributed by atoms with Crippen LogP contribution in [0.3, 0.4) is 0 Å². The number of ether oxygens (including phenoxy) is 1. The van der Waals surface area contributed by atoms with Crippen molar-refractivity contribution in [3.8, 4) is 50.8 Å². The first-order chi connectivity index (χ1) is 21.8. The summed E-state index contributed by atoms with van der Waals surface area (Å²) < 4.78 is 8.50. The van der Waals surface area contributed by atoms with Crippen LogP contribution in [0, 0.1) is 0 Å². The number of hydrogen-bond acceptors (Lipinski definition) is 3. The van der Waals surface area contributed by atoms with Gasteiger partial charge >= 0.3 is 0 Å². The van der Waals surface area contributed by atoms with Crippen molar-refractivity contribution < 1.29 is 4.74 Å². The molecule has 8 aromatic rings. The highest BCUT2D eigenvalue weighted by Gasteiger charge is 2.14. The van der Waals surface area contributed by atoms with Crippen LogP contribution >= 0.6 is 0 Å². The Labute approximate surface area is 255 Å². The van der Waals surface area contributed by atoms with E-state index in [1.165, 1.54) is 10.8 Å². The van der Waals surface area contributed by atoms with Crippen molar-refractivity contribution in [1.29, 1.82) is 0 Å². The molecule has 0 aliphatic rings. The molecule has 8 rings (SSSR count). The first kappa shape index (κ1) is 25.7. The molecule has 0 atom stereocenters. The fourth-order valence-electron chi connectivity index (χ4n) is 5.85. The molecule has 0 spiro atoms. The molecule has 5 aromatic carbocycles. The van der Waals surface area contributed by atoms with Crippen molar-refractivity contribution in [1.82, 2.24) is 14.5 Å². The lowest BCUT2D eigenvalue weighted by Gasteiger charge is -2.11. The van der Waals surface area contributed by atoms with Crippen LogP contribution in [0.15, 0.2) is 164 Å². The molecule has 0 saturated carbocycles. The van der Waals surface area contributed by atoms with E-state index in [0.29, 0.717) is 5.88 Å². The quantitative estimate of drug-likeness (QED) is 0.201. The maximum absolute atomic E-state index is 6.25. The van der Waals surface area contributed by atoms with E-state index < -0.39 is 0 Å². The van der Waals surface area contributed by atoms with Gasteiger partial charge in [0, 0.05) is 34.8 Å². The third kappa shape index (κ3) is 4.79. The standard InChI is InChI=1S/C40H27N3O/c1-3-10-28(11-4-1)32-22-23-41-40(26-32)44-34-15-9-14-30(24-34)31-18-20-36-35-16-7-8-17-37(35)43(38(36)25-31)39-21-19-33(27-42-39)29-12-5-2-6-13-29/h1-27H. The van der Waals surface area contributed by atoms with Crippen molar-refractivity contribution in [3.05, 3.63) is 164 Å². The zero-order valence-electron chi connectivity index (χ0n) is 23.8. The maximum atomic E-state index is 6.25. The minimum Gasteiger partial charge on any atom is -0.439 e. The van der Waals surface area contributed by atoms with E-state index in [9.17, 15) is 0 Å². The van der Waals surface area contributed by atoms with Crippen molar-refractivity contribution in [2.45, 2.75) is 0 Å². The van der Waals surface area contributed by atoms with Crippen LogP contribution in [0.2, 0.25) is 0 Å². The summed E-state index contributed by atoms with van der Waals surface area (Å²) in [6.45, 7) is 0. The van der Waals surface area contributed by atoms with E-state index >= 15 is 0 Å². The predicted octanol–water partition coefficient (Wildman–Crippen LogP) is 10.4. The van der Waals surface area contributed by atoms with E-state index in [1.54, 1.807) is 6.20 Å². The lowest BCUT2D eigenvalue weighted by Crippen LogP contribution is -1.97. The molecule has 0 bridgehead atoms. The topological polar surface area (TPSA) is 39.9 Å². The Balaban J connectivity index is 1.17. The number of para-hydroxylation sites is 1. The molecule has 0 amide bonds. The van der Waals surface area contributed by atoms with Crippen molar-refractivity contribution >= 4 is 21.8 Å². The Morgan fingerprint density at radius 1 is 0.432 bits per heavy atom. The van der Waals surface area contributed by atoms with Gasteiger partial charge in [-0.05, 0) is 70.3 Å². The summed E-state index contributed by atoms with van der Waals surface area (Å²) in [5, 5.41) is 2.39. The van der Waals surface area contributed by atoms with Crippen LogP contribution < -0.4 is 4.74 Å². The molecule has 0 aliphatic heterocycles. The zero-order valence-corrected chi connectivity index (χ0v) is 23.8. The Morgan fingerprint density at radius 2 is 1.09 bits per heavy atom. The monoisotopic (exact) mass is 565 g/mol. The SMILES string of the molecule is c1ccc(-c2ccc(-n3c4ccccc4c4ccc(-c5cccc(Oc6cc(-c7ccccc7)ccn6)c5)cc43)nc2)cc1. The lowest BCUT2D eigenvalue weighted by atomic mass is 10.0. The van der Waals surface area contributed by atoms with Crippen molar-refractivity contribution in [2.24, 2.45) is 0 Å². The van der Waals surface area contributed by atoms with Gasteiger partial charge in [-0.15, -0.1) is 0 Å². The minimum atomic E-state index is 0.559. The number of nitrogens with zero attached hydrogens (tertiary/aromatic N) is 3. The van der Waals surface area contributed by atoms with Gasteiger partial charge in [0.15, 0.2) is 0 Å². The van der Waals surface area contributed by atoms with Crippen LogP contribution in [0.5, 0.6) is 11.6 Å². The van der Waals surface area contributed by atoms with Crippen LogP contribution in [-0.2, 0) is 0 Å². The third-order valence-electron chi connectivity index (χ3n) is 7.99. The number of benzene rings is 5. The Morgan fingerprint density at radius 3 is 1.89 bits per heavy atom. The van der Waals surface area contributed by atoms with Gasteiger partial charge in [-0.25, -0.2) is 9.97 Å². The fraction of sp³-hybridized carbons (Fsp3) is 0. The van der Waals surface area contributed by atoms with E-state index in [2.05, 4.69) is 113 Å². The molecule has 3 heterocycles. The molecular formula is C40H27N3O. The molecule has 3 aromatic heterocycles. The molecule has 0 N–H and O–H groups in total. The van der Waals surface area contributed by atoms with Crippen LogP contribution in [0.1, 0.15) is 0 Å². The lowest BCUT2D eigenvalue weighted by molar-refractivity contribution is 0.463. The van der Waals surface area contributed by atoms with Crippen LogP contribution in [0.4, 0.5) is 0 Å². The van der Waals surface area contributed by atoms with Gasteiger partial charge in [-0.1, -0.05) is 103 Å². The van der Waals surface area contributed by atoms with Gasteiger partial charge in [-0.3, -0.25) is 4.57 Å². The Kier molecular flexibility index (Phi) is 6.43. The van der Waals surface area contributed by atoms with E-state index in [-0.39, 0.29) is 0 Å². The fourth-order valence-corrected chi connectivity index (χ4v) is 5.85. The molecule has 0 aliphatic carbocycles. The average molecular weight is 566 g/mol. The van der Waals surface area contributed by atoms with E-state index in [4.69, 9.17) is 9.72 Å². The first-order valence-electron chi connectivity index (χ1n) is 14.6. The largest absolute Gasteiger partial charge is 0.439 e. The minimum absolute atomic E-state index is 0.559. The number of aromatic nitrogens is 3. The summed E-state index contributed by atoms with van der Waals surface area (Å²) in [4.78, 5) is 9.39. The maximum Gasteiger partial charge on any atom is 0.219 e. The molecule has 0 saturated heterocycles. The molecule has 0 unspecified atom stereocenters. The van der Waals surface area contributed by atoms with Crippen LogP contribution in [-0.4, -0.2) is 14.5 Å². The summed E-state index contributed by atoms with van der Waals surface area (Å²) in [5.41, 5.74) is 8.83. The second-order valence-corrected chi connectivity index (χ2v) is 10.7. The number of hydrogen-bond donors (Lipinski definition) is 0. The average Bonchev–Trinajstić information content (AvgIpc) is 3.43. The molecule has 0 radical (unpaired) electrons. The highest BCUT2D eigenvalue weighted by atomic mass is 16.5. The second kappa shape index (κ2) is 11.0. The smallest absolute Gasteiger partial charge is 0.219 e. The highest BCUT2D eigenvalue weighted by molar-refractivity contribution is 6.10. The van der Waals surface area contributed by atoms with Crippen molar-refractivity contribution in [2.75, 3.05) is 0 Å². The number of rotatable bonds is 6. The molecule has 4 heteroatoms. The summed E-state index contributed by atoms with van der Waals surface area (Å²) in [7, 11) is 0. The van der Waals surface area contributed by atoms with Crippen LogP contribution in [0.25, 0.3) is 61.0 Å². The number of fused-ring (bicyclic) bond motifs is 3. The zero-order chi connectivity index (χ0) is 29.3. The second-order valence-electron chi connectivity index (χ2n) is 10.7. The van der Waals surface area contributed by atoms with Gasteiger partial charge in [0.05, 0.1) is 11.0 Å². The molecule has 208 valence electrons. The van der Waals surface area contributed by atoms with E-state index in [1.807, 2.05) is 54.7 Å². The summed E-state index contributed by atoms with van der Waals surface area (Å²) >= 11 is 0. The van der Waals surface area contributed by atoms with Gasteiger partial charge in [-0.2, -0.15) is 0 Å². The van der Waals surface area contributed by atoms with Gasteiger partial charge in [0.1, 0.15) is 11.6 Å². The highest BCUT2D eigenvalue weighted by Crippen LogP contribution is 2.36. The number of pyridine rings is 2. The molecule has 44 heavy (non-hydrogen) atoms. The van der Waals surface area contributed by atoms with E-state index in [0.717, 1.165) is 56.0 Å². The van der Waals surface area contributed by atoms with Crippen molar-refractivity contribution in [3.63, 3.8) is 0 Å². The molecule has 0 fully saturated rings. The molecule has 4 nitrogen and oxygen atoms in total. The third-order valence-corrected chi connectivity index (χ3v) is 7.99. The predicted molar refractivity (Wildman–Crippen MR) is 179 cm³/mol. The van der Waals surface area contributed by atoms with Gasteiger partial charge < -0.3 is 4.74 Å². The molecular weight excluding hydrogens is 538 g/mol. The summed E-state index contributed by atoms with van der Waals surface area (Å²) in [6.07, 6.45) is 3.74. The Hall–Kier alpha value is -6.00. The summed E-state index contributed by atoms with van der Waals surface area (Å²) in [5.74, 6) is 2.18. The first-order valence-corrected chi connectivity index (χ1v) is 14.6. The van der Waals surface area contributed by atoms with Gasteiger partial charge in [0.25, 0.3) is 0 Å². The normalized spacial score (nSPS) is 11.2. The summed E-state index contributed by atoms with van der Waals surface area (Å²) in [6, 6.07) is 52.1. The Bertz CT molecular complexity index is 2240. The van der Waals surface area contributed by atoms with Gasteiger partial charge in [0.2, 0.25) is 5.88 Å².